The van der Waals surface area contributed by atoms with E-state index in [4.69, 9.17) is 14.6 Å². The topological polar surface area (TPSA) is 67.8 Å². The molecule has 5 nitrogen and oxygen atoms in total. The van der Waals surface area contributed by atoms with Gasteiger partial charge in [0, 0.05) is 18.7 Å². The molecule has 0 saturated carbocycles. The van der Waals surface area contributed by atoms with E-state index < -0.39 is 5.97 Å². The predicted octanol–water partition coefficient (Wildman–Crippen LogP) is 0.0859. The lowest BCUT2D eigenvalue weighted by atomic mass is 10.1. The zero-order valence-electron chi connectivity index (χ0n) is 13.7. The van der Waals surface area contributed by atoms with Crippen molar-refractivity contribution in [3.05, 3.63) is 59.2 Å². The number of carboxylic acids is 1. The molecule has 2 rings (SSSR count). The number of benzene rings is 2. The SMILES string of the molecule is CCOc1c(CNCc2ccc(C(=O)O)cc2)cccc1OC.[Cl-]. The van der Waals surface area contributed by atoms with Crippen LogP contribution in [-0.4, -0.2) is 24.8 Å². The molecule has 0 unspecified atom stereocenters. The van der Waals surface area contributed by atoms with Gasteiger partial charge in [-0.15, -0.1) is 0 Å². The van der Waals surface area contributed by atoms with Crippen LogP contribution in [0.3, 0.4) is 0 Å². The number of ether oxygens (including phenoxy) is 2. The lowest BCUT2D eigenvalue weighted by molar-refractivity contribution is -0.0000209. The summed E-state index contributed by atoms with van der Waals surface area (Å²) >= 11 is 0. The van der Waals surface area contributed by atoms with Crippen LogP contribution in [0.5, 0.6) is 11.5 Å². The molecule has 2 aromatic rings. The second-order valence-corrected chi connectivity index (χ2v) is 4.99. The van der Waals surface area contributed by atoms with Crippen LogP contribution < -0.4 is 27.2 Å². The summed E-state index contributed by atoms with van der Waals surface area (Å²) in [6.07, 6.45) is 0. The van der Waals surface area contributed by atoms with Gasteiger partial charge in [-0.05, 0) is 30.7 Å². The zero-order chi connectivity index (χ0) is 16.7. The second-order valence-electron chi connectivity index (χ2n) is 4.99. The molecule has 130 valence electrons. The van der Waals surface area contributed by atoms with Crippen LogP contribution in [0.25, 0.3) is 0 Å². The Morgan fingerprint density at radius 1 is 1.12 bits per heavy atom. The molecule has 0 aliphatic heterocycles. The van der Waals surface area contributed by atoms with Gasteiger partial charge in [-0.3, -0.25) is 0 Å². The van der Waals surface area contributed by atoms with E-state index in [0.717, 1.165) is 22.6 Å². The summed E-state index contributed by atoms with van der Waals surface area (Å²) in [6, 6.07) is 12.6. The molecule has 2 N–H and O–H groups in total. The van der Waals surface area contributed by atoms with Gasteiger partial charge >= 0.3 is 5.97 Å². The highest BCUT2D eigenvalue weighted by atomic mass is 35.5. The minimum absolute atomic E-state index is 0. The summed E-state index contributed by atoms with van der Waals surface area (Å²) in [5.74, 6) is 0.561. The van der Waals surface area contributed by atoms with Crippen molar-refractivity contribution in [2.24, 2.45) is 0 Å². The first kappa shape index (κ1) is 19.8. The lowest BCUT2D eigenvalue weighted by Crippen LogP contribution is -3.00. The monoisotopic (exact) mass is 350 g/mol. The first-order valence-electron chi connectivity index (χ1n) is 7.47. The molecule has 24 heavy (non-hydrogen) atoms. The molecule has 0 spiro atoms. The fourth-order valence-corrected chi connectivity index (χ4v) is 2.28. The minimum Gasteiger partial charge on any atom is -1.00 e. The first-order chi connectivity index (χ1) is 11.2. The molecule has 0 aliphatic rings. The lowest BCUT2D eigenvalue weighted by Gasteiger charge is -2.14. The molecule has 2 aromatic carbocycles. The molecule has 0 atom stereocenters. The van der Waals surface area contributed by atoms with Crippen LogP contribution in [0.2, 0.25) is 0 Å². The summed E-state index contributed by atoms with van der Waals surface area (Å²) in [4.78, 5) is 10.8. The van der Waals surface area contributed by atoms with Gasteiger partial charge in [0.15, 0.2) is 11.5 Å². The highest BCUT2D eigenvalue weighted by Gasteiger charge is 2.09. The largest absolute Gasteiger partial charge is 1.00 e. The molecule has 0 radical (unpaired) electrons. The number of hydrogen-bond acceptors (Lipinski definition) is 4. The van der Waals surface area contributed by atoms with E-state index in [2.05, 4.69) is 5.32 Å². The number of para-hydroxylation sites is 1. The Labute approximate surface area is 148 Å². The van der Waals surface area contributed by atoms with Gasteiger partial charge in [0.05, 0.1) is 19.3 Å². The molecule has 0 aliphatic carbocycles. The van der Waals surface area contributed by atoms with Gasteiger partial charge in [0.25, 0.3) is 0 Å². The molecule has 6 heteroatoms. The average Bonchev–Trinajstić information content (AvgIpc) is 2.56. The van der Waals surface area contributed by atoms with Crippen LogP contribution in [0.1, 0.15) is 28.4 Å². The predicted molar refractivity (Wildman–Crippen MR) is 88.1 cm³/mol. The van der Waals surface area contributed by atoms with Crippen molar-refractivity contribution in [2.45, 2.75) is 20.0 Å². The Balaban J connectivity index is 0.00000288. The van der Waals surface area contributed by atoms with E-state index >= 15 is 0 Å². The number of aromatic carboxylic acids is 1. The van der Waals surface area contributed by atoms with Crippen LogP contribution in [0.15, 0.2) is 42.5 Å². The zero-order valence-corrected chi connectivity index (χ0v) is 14.5. The van der Waals surface area contributed by atoms with Gasteiger partial charge < -0.3 is 32.3 Å². The van der Waals surface area contributed by atoms with E-state index in [1.165, 1.54) is 0 Å². The van der Waals surface area contributed by atoms with E-state index in [-0.39, 0.29) is 12.4 Å². The van der Waals surface area contributed by atoms with Gasteiger partial charge in [-0.2, -0.15) is 0 Å². The number of rotatable bonds is 8. The Bertz CT molecular complexity index is 659. The van der Waals surface area contributed by atoms with E-state index in [1.807, 2.05) is 37.3 Å². The highest BCUT2D eigenvalue weighted by molar-refractivity contribution is 5.87. The van der Waals surface area contributed by atoms with Crippen LogP contribution in [0.4, 0.5) is 0 Å². The summed E-state index contributed by atoms with van der Waals surface area (Å²) in [5, 5.41) is 12.2. The Morgan fingerprint density at radius 3 is 2.42 bits per heavy atom. The Kier molecular flexibility index (Phi) is 8.09. The maximum Gasteiger partial charge on any atom is 0.335 e. The van der Waals surface area contributed by atoms with Crippen LogP contribution in [0, 0.1) is 0 Å². The number of nitrogens with one attached hydrogen (secondary N) is 1. The maximum atomic E-state index is 10.8. The summed E-state index contributed by atoms with van der Waals surface area (Å²) in [5.41, 5.74) is 2.34. The first-order valence-corrected chi connectivity index (χ1v) is 7.47. The molecule has 0 saturated heterocycles. The quantitative estimate of drug-likeness (QED) is 0.706. The fraction of sp³-hybridized carbons (Fsp3) is 0.278. The fourth-order valence-electron chi connectivity index (χ4n) is 2.28. The van der Waals surface area contributed by atoms with E-state index in [9.17, 15) is 4.79 Å². The molecular weight excluding hydrogens is 330 g/mol. The maximum absolute atomic E-state index is 10.8. The third-order valence-corrected chi connectivity index (χ3v) is 3.41. The number of carboxylic acid groups (broad SMARTS) is 1. The van der Waals surface area contributed by atoms with Gasteiger partial charge in [0.2, 0.25) is 0 Å². The average molecular weight is 351 g/mol. The van der Waals surface area contributed by atoms with E-state index in [0.29, 0.717) is 25.3 Å². The van der Waals surface area contributed by atoms with Crippen LogP contribution in [-0.2, 0) is 13.1 Å². The number of methoxy groups -OCH3 is 1. The van der Waals surface area contributed by atoms with Gasteiger partial charge in [-0.1, -0.05) is 24.3 Å². The summed E-state index contributed by atoms with van der Waals surface area (Å²) in [7, 11) is 1.62. The standard InChI is InChI=1S/C18H21NO4.ClH/c1-3-23-17-15(5-4-6-16(17)22-2)12-19-11-13-7-9-14(10-8-13)18(20)21;/h4-10,19H,3,11-12H2,1-2H3,(H,20,21);1H/p-1. The third kappa shape index (κ3) is 5.15. The van der Waals surface area contributed by atoms with Crippen molar-refractivity contribution in [1.29, 1.82) is 0 Å². The third-order valence-electron chi connectivity index (χ3n) is 3.41. The van der Waals surface area contributed by atoms with Gasteiger partial charge in [0.1, 0.15) is 0 Å². The van der Waals surface area contributed by atoms with Crippen molar-refractivity contribution in [2.75, 3.05) is 13.7 Å². The molecule has 0 bridgehead atoms. The molecule has 0 heterocycles. The van der Waals surface area contributed by atoms with E-state index in [1.54, 1.807) is 19.2 Å². The second kappa shape index (κ2) is 9.80. The van der Waals surface area contributed by atoms with Crippen molar-refractivity contribution >= 4 is 5.97 Å². The van der Waals surface area contributed by atoms with Crippen molar-refractivity contribution in [1.82, 2.24) is 5.32 Å². The van der Waals surface area contributed by atoms with Crippen molar-refractivity contribution < 1.29 is 31.8 Å². The van der Waals surface area contributed by atoms with Crippen LogP contribution >= 0.6 is 0 Å². The summed E-state index contributed by atoms with van der Waals surface area (Å²) < 4.78 is 11.0. The van der Waals surface area contributed by atoms with Crippen molar-refractivity contribution in [3.8, 4) is 11.5 Å². The smallest absolute Gasteiger partial charge is 0.335 e. The Hall–Kier alpha value is -2.24. The number of carbonyl (C=O) groups is 1. The molecule has 0 amide bonds. The van der Waals surface area contributed by atoms with Crippen molar-refractivity contribution in [3.63, 3.8) is 0 Å². The van der Waals surface area contributed by atoms with Gasteiger partial charge in [-0.25, -0.2) is 4.79 Å². The normalized spacial score (nSPS) is 9.92. The number of hydrogen-bond donors (Lipinski definition) is 2. The molecular formula is C18H21ClNO4-. The highest BCUT2D eigenvalue weighted by Crippen LogP contribution is 2.31. The Morgan fingerprint density at radius 2 is 1.83 bits per heavy atom. The summed E-state index contributed by atoms with van der Waals surface area (Å²) in [6.45, 7) is 3.79. The minimum atomic E-state index is -0.915. The molecule has 0 fully saturated rings. The molecule has 0 aromatic heterocycles. The number of halogens is 1.